The zero-order valence-electron chi connectivity index (χ0n) is 9.73. The fourth-order valence-corrected chi connectivity index (χ4v) is 2.07. The van der Waals surface area contributed by atoms with Gasteiger partial charge in [-0.25, -0.2) is 19.7 Å². The molecular formula is C12H9ClN4O2. The number of aromatic nitrogens is 3. The van der Waals surface area contributed by atoms with Gasteiger partial charge in [0.15, 0.2) is 0 Å². The molecule has 96 valence electrons. The molecule has 1 saturated heterocycles. The summed E-state index contributed by atoms with van der Waals surface area (Å²) in [7, 11) is 0. The lowest BCUT2D eigenvalue weighted by molar-refractivity contribution is 0.178. The van der Waals surface area contributed by atoms with Crippen molar-refractivity contribution in [2.75, 3.05) is 11.5 Å². The number of hydrogen-bond donors (Lipinski definition) is 0. The minimum atomic E-state index is -0.467. The van der Waals surface area contributed by atoms with Crippen molar-refractivity contribution >= 4 is 23.5 Å². The van der Waals surface area contributed by atoms with Crippen molar-refractivity contribution in [2.24, 2.45) is 0 Å². The number of pyridine rings is 1. The van der Waals surface area contributed by atoms with E-state index in [2.05, 4.69) is 15.0 Å². The highest BCUT2D eigenvalue weighted by atomic mass is 35.5. The zero-order valence-corrected chi connectivity index (χ0v) is 10.5. The summed E-state index contributed by atoms with van der Waals surface area (Å²) in [6.07, 6.45) is 2.69. The summed E-state index contributed by atoms with van der Waals surface area (Å²) >= 11 is 5.75. The Labute approximate surface area is 114 Å². The second-order valence-corrected chi connectivity index (χ2v) is 4.24. The highest BCUT2D eigenvalue weighted by molar-refractivity contribution is 6.28. The number of amides is 1. The van der Waals surface area contributed by atoms with E-state index in [1.165, 1.54) is 11.1 Å². The summed E-state index contributed by atoms with van der Waals surface area (Å²) in [5.74, 6) is 0.401. The molecule has 19 heavy (non-hydrogen) atoms. The second-order valence-electron chi connectivity index (χ2n) is 3.90. The fraction of sp³-hybridized carbons (Fsp3) is 0.167. The molecule has 0 unspecified atom stereocenters. The van der Waals surface area contributed by atoms with Crippen molar-refractivity contribution in [3.63, 3.8) is 0 Å². The first-order valence-electron chi connectivity index (χ1n) is 5.61. The number of cyclic esters (lactones) is 1. The molecule has 3 rings (SSSR count). The molecule has 7 heteroatoms. The van der Waals surface area contributed by atoms with Gasteiger partial charge in [0.25, 0.3) is 0 Å². The average Bonchev–Trinajstić information content (AvgIpc) is 2.82. The Morgan fingerprint density at radius 2 is 2.16 bits per heavy atom. The van der Waals surface area contributed by atoms with E-state index in [1.54, 1.807) is 12.3 Å². The van der Waals surface area contributed by atoms with E-state index in [4.69, 9.17) is 16.3 Å². The topological polar surface area (TPSA) is 68.2 Å². The van der Waals surface area contributed by atoms with Crippen LogP contribution in [0.5, 0.6) is 0 Å². The van der Waals surface area contributed by atoms with E-state index in [0.717, 1.165) is 5.69 Å². The lowest BCUT2D eigenvalue weighted by Crippen LogP contribution is -2.28. The molecule has 0 saturated carbocycles. The summed E-state index contributed by atoms with van der Waals surface area (Å²) in [6.45, 7) is 0.234. The molecule has 0 bridgehead atoms. The van der Waals surface area contributed by atoms with Crippen LogP contribution in [0.2, 0.25) is 5.28 Å². The number of nitrogens with zero attached hydrogens (tertiary/aromatic N) is 4. The van der Waals surface area contributed by atoms with Gasteiger partial charge in [-0.1, -0.05) is 6.07 Å². The molecule has 1 aliphatic rings. The quantitative estimate of drug-likeness (QED) is 0.787. The van der Waals surface area contributed by atoms with Gasteiger partial charge in [-0.2, -0.15) is 0 Å². The van der Waals surface area contributed by atoms with Gasteiger partial charge < -0.3 is 4.74 Å². The molecule has 1 fully saturated rings. The summed E-state index contributed by atoms with van der Waals surface area (Å²) in [6, 6.07) is 6.81. The van der Waals surface area contributed by atoms with Crippen LogP contribution < -0.4 is 4.90 Å². The van der Waals surface area contributed by atoms with Crippen LogP contribution in [-0.4, -0.2) is 27.7 Å². The molecular weight excluding hydrogens is 268 g/mol. The Hall–Kier alpha value is -2.21. The summed E-state index contributed by atoms with van der Waals surface area (Å²) in [5, 5.41) is 0.0805. The highest BCUT2D eigenvalue weighted by Crippen LogP contribution is 2.30. The van der Waals surface area contributed by atoms with Crippen molar-refractivity contribution in [1.82, 2.24) is 15.0 Å². The largest absolute Gasteiger partial charge is 0.446 e. The molecule has 6 nitrogen and oxygen atoms in total. The van der Waals surface area contributed by atoms with E-state index in [1.807, 2.05) is 18.2 Å². The van der Waals surface area contributed by atoms with Crippen LogP contribution in [0, 0.1) is 0 Å². The predicted molar refractivity (Wildman–Crippen MR) is 67.8 cm³/mol. The summed E-state index contributed by atoms with van der Waals surface area (Å²) < 4.78 is 5.07. The first-order chi connectivity index (χ1) is 9.25. The van der Waals surface area contributed by atoms with E-state index in [0.29, 0.717) is 5.82 Å². The lowest BCUT2D eigenvalue weighted by Gasteiger charge is -2.19. The molecule has 0 aliphatic carbocycles. The van der Waals surface area contributed by atoms with Crippen molar-refractivity contribution in [3.05, 3.63) is 47.6 Å². The van der Waals surface area contributed by atoms with Gasteiger partial charge in [0.1, 0.15) is 18.5 Å². The second kappa shape index (κ2) is 4.81. The van der Waals surface area contributed by atoms with Crippen molar-refractivity contribution in [2.45, 2.75) is 6.04 Å². The minimum Gasteiger partial charge on any atom is -0.446 e. The van der Waals surface area contributed by atoms with E-state index in [-0.39, 0.29) is 17.9 Å². The molecule has 1 atom stereocenters. The predicted octanol–water partition coefficient (Wildman–Crippen LogP) is 2.22. The molecule has 2 aromatic rings. The highest BCUT2D eigenvalue weighted by Gasteiger charge is 2.37. The van der Waals surface area contributed by atoms with Gasteiger partial charge in [0.2, 0.25) is 5.28 Å². The smallest absolute Gasteiger partial charge is 0.416 e. The van der Waals surface area contributed by atoms with Gasteiger partial charge >= 0.3 is 6.09 Å². The van der Waals surface area contributed by atoms with E-state index >= 15 is 0 Å². The lowest BCUT2D eigenvalue weighted by atomic mass is 10.2. The van der Waals surface area contributed by atoms with Crippen LogP contribution in [-0.2, 0) is 4.74 Å². The van der Waals surface area contributed by atoms with Crippen molar-refractivity contribution in [1.29, 1.82) is 0 Å². The number of hydrogen-bond acceptors (Lipinski definition) is 5. The molecule has 0 spiro atoms. The Morgan fingerprint density at radius 1 is 1.26 bits per heavy atom. The Kier molecular flexibility index (Phi) is 3.00. The summed E-state index contributed by atoms with van der Waals surface area (Å²) in [5.41, 5.74) is 0.739. The van der Waals surface area contributed by atoms with Crippen LogP contribution in [0.4, 0.5) is 10.6 Å². The summed E-state index contributed by atoms with van der Waals surface area (Å²) in [4.78, 5) is 25.3. The zero-order chi connectivity index (χ0) is 13.2. The van der Waals surface area contributed by atoms with Crippen LogP contribution in [0.25, 0.3) is 0 Å². The number of halogens is 1. The number of carbonyl (C=O) groups excluding carboxylic acids is 1. The number of ether oxygens (including phenoxy) is 1. The third-order valence-corrected chi connectivity index (χ3v) is 2.94. The van der Waals surface area contributed by atoms with Gasteiger partial charge in [-0.3, -0.25) is 4.98 Å². The SMILES string of the molecule is O=C1OC[C@H](c2ccccn2)N1c1ccnc(Cl)n1. The number of carbonyl (C=O) groups is 1. The molecule has 0 aromatic carbocycles. The van der Waals surface area contributed by atoms with Crippen molar-refractivity contribution in [3.8, 4) is 0 Å². The van der Waals surface area contributed by atoms with E-state index < -0.39 is 6.09 Å². The molecule has 2 aromatic heterocycles. The normalized spacial score (nSPS) is 18.5. The standard InChI is InChI=1S/C12H9ClN4O2/c13-11-15-6-4-10(16-11)17-9(7-19-12(17)18)8-3-1-2-5-14-8/h1-6,9H,7H2/t9-/m1/s1. The molecule has 3 heterocycles. The van der Waals surface area contributed by atoms with Crippen LogP contribution in [0.15, 0.2) is 36.7 Å². The third kappa shape index (κ3) is 2.22. The average molecular weight is 277 g/mol. The number of rotatable bonds is 2. The monoisotopic (exact) mass is 276 g/mol. The molecule has 0 radical (unpaired) electrons. The van der Waals surface area contributed by atoms with Crippen LogP contribution >= 0.6 is 11.6 Å². The number of anilines is 1. The fourth-order valence-electron chi connectivity index (χ4n) is 1.93. The van der Waals surface area contributed by atoms with E-state index in [9.17, 15) is 4.79 Å². The van der Waals surface area contributed by atoms with Gasteiger partial charge in [0.05, 0.1) is 5.69 Å². The maximum Gasteiger partial charge on any atom is 0.416 e. The molecule has 1 aliphatic heterocycles. The Morgan fingerprint density at radius 3 is 2.89 bits per heavy atom. The molecule has 0 N–H and O–H groups in total. The van der Waals surface area contributed by atoms with Gasteiger partial charge in [0, 0.05) is 12.4 Å². The van der Waals surface area contributed by atoms with Gasteiger partial charge in [-0.05, 0) is 29.8 Å². The van der Waals surface area contributed by atoms with Crippen molar-refractivity contribution < 1.29 is 9.53 Å². The van der Waals surface area contributed by atoms with Gasteiger partial charge in [-0.15, -0.1) is 0 Å². The van der Waals surface area contributed by atoms with Crippen LogP contribution in [0.1, 0.15) is 11.7 Å². The molecule has 1 amide bonds. The van der Waals surface area contributed by atoms with Crippen LogP contribution in [0.3, 0.4) is 0 Å². The Bertz CT molecular complexity index is 608. The minimum absolute atomic E-state index is 0.0805. The first-order valence-corrected chi connectivity index (χ1v) is 5.99. The maximum absolute atomic E-state index is 11.8. The maximum atomic E-state index is 11.8. The first kappa shape index (κ1) is 11.9. The Balaban J connectivity index is 2.00. The third-order valence-electron chi connectivity index (χ3n) is 2.76.